The number of para-hydroxylation sites is 1. The first-order valence-electron chi connectivity index (χ1n) is 10.6. The summed E-state index contributed by atoms with van der Waals surface area (Å²) in [6.07, 6.45) is 4.49. The minimum atomic E-state index is 0.0540. The lowest BCUT2D eigenvalue weighted by molar-refractivity contribution is 0.455. The predicted molar refractivity (Wildman–Crippen MR) is 120 cm³/mol. The van der Waals surface area contributed by atoms with Crippen molar-refractivity contribution >= 4 is 21.9 Å². The molecule has 2 aromatic carbocycles. The van der Waals surface area contributed by atoms with Crippen LogP contribution in [0.4, 0.5) is 0 Å². The quantitative estimate of drug-likeness (QED) is 0.415. The minimum Gasteiger partial charge on any atom is -0.507 e. The molecular weight excluding hydrogens is 372 g/mol. The molecule has 0 fully saturated rings. The lowest BCUT2D eigenvalue weighted by Gasteiger charge is -2.19. The molecule has 5 heteroatoms. The molecule has 4 rings (SSSR count). The van der Waals surface area contributed by atoms with E-state index in [1.165, 1.54) is 24.4 Å². The summed E-state index contributed by atoms with van der Waals surface area (Å²) in [4.78, 5) is 0. The van der Waals surface area contributed by atoms with Crippen LogP contribution in [-0.4, -0.2) is 19.9 Å². The molecule has 152 valence electrons. The summed E-state index contributed by atoms with van der Waals surface area (Å²) in [6.45, 7) is 6.32. The molecule has 0 aliphatic rings. The highest BCUT2D eigenvalue weighted by Gasteiger charge is 2.20. The zero-order valence-electron chi connectivity index (χ0n) is 17.7. The fourth-order valence-electron chi connectivity index (χ4n) is 4.40. The van der Waals surface area contributed by atoms with E-state index in [2.05, 4.69) is 52.9 Å². The van der Waals surface area contributed by atoms with Crippen LogP contribution in [-0.2, 0) is 0 Å². The van der Waals surface area contributed by atoms with Gasteiger partial charge in [0.1, 0.15) is 5.75 Å². The van der Waals surface area contributed by atoms with Crippen molar-refractivity contribution in [3.8, 4) is 23.1 Å². The molecule has 0 saturated heterocycles. The SMILES string of the molecule is CCCCC(CC)n1c2ccccc2c2cc(-c3c(C)cc(C#N)cc3O)nnc21. The highest BCUT2D eigenvalue weighted by Crippen LogP contribution is 2.37. The van der Waals surface area contributed by atoms with E-state index in [-0.39, 0.29) is 5.75 Å². The Labute approximate surface area is 176 Å². The minimum absolute atomic E-state index is 0.0540. The summed E-state index contributed by atoms with van der Waals surface area (Å²) in [5.41, 5.74) is 4.53. The number of nitrogens with zero attached hydrogens (tertiary/aromatic N) is 4. The van der Waals surface area contributed by atoms with E-state index in [1.54, 1.807) is 6.07 Å². The highest BCUT2D eigenvalue weighted by atomic mass is 16.3. The van der Waals surface area contributed by atoms with Crippen LogP contribution < -0.4 is 0 Å². The summed E-state index contributed by atoms with van der Waals surface area (Å²) in [6, 6.07) is 16.1. The molecule has 0 aliphatic carbocycles. The second kappa shape index (κ2) is 8.16. The Kier molecular flexibility index (Phi) is 5.41. The van der Waals surface area contributed by atoms with Crippen molar-refractivity contribution < 1.29 is 5.11 Å². The number of nitriles is 1. The molecule has 0 amide bonds. The maximum absolute atomic E-state index is 10.5. The van der Waals surface area contributed by atoms with E-state index in [9.17, 15) is 5.11 Å². The Bertz CT molecular complexity index is 1240. The number of phenolic OH excluding ortho intramolecular Hbond substituents is 1. The van der Waals surface area contributed by atoms with Crippen LogP contribution in [0.15, 0.2) is 42.5 Å². The van der Waals surface area contributed by atoms with Gasteiger partial charge in [0.15, 0.2) is 5.65 Å². The van der Waals surface area contributed by atoms with Crippen molar-refractivity contribution in [3.05, 3.63) is 53.6 Å². The van der Waals surface area contributed by atoms with Crippen molar-refractivity contribution in [1.29, 1.82) is 5.26 Å². The molecule has 4 aromatic rings. The first-order valence-corrected chi connectivity index (χ1v) is 10.6. The average molecular weight is 399 g/mol. The number of hydrogen-bond donors (Lipinski definition) is 1. The number of phenols is 1. The Hall–Kier alpha value is -3.39. The van der Waals surface area contributed by atoms with Gasteiger partial charge in [0.05, 0.1) is 22.8 Å². The number of aromatic nitrogens is 3. The predicted octanol–water partition coefficient (Wildman–Crippen LogP) is 6.28. The van der Waals surface area contributed by atoms with Gasteiger partial charge >= 0.3 is 0 Å². The van der Waals surface area contributed by atoms with Crippen molar-refractivity contribution in [2.75, 3.05) is 0 Å². The molecule has 0 radical (unpaired) electrons. The van der Waals surface area contributed by atoms with E-state index in [4.69, 9.17) is 5.26 Å². The average Bonchev–Trinajstić information content (AvgIpc) is 3.08. The zero-order chi connectivity index (χ0) is 21.3. The summed E-state index contributed by atoms with van der Waals surface area (Å²) >= 11 is 0. The van der Waals surface area contributed by atoms with Crippen LogP contribution in [0, 0.1) is 18.3 Å². The second-order valence-electron chi connectivity index (χ2n) is 7.86. The molecule has 2 heterocycles. The fraction of sp³-hybridized carbons (Fsp3) is 0.320. The van der Waals surface area contributed by atoms with Crippen molar-refractivity contribution in [2.24, 2.45) is 0 Å². The smallest absolute Gasteiger partial charge is 0.163 e. The number of rotatable bonds is 6. The fourth-order valence-corrected chi connectivity index (χ4v) is 4.40. The lowest BCUT2D eigenvalue weighted by Crippen LogP contribution is -2.09. The largest absolute Gasteiger partial charge is 0.507 e. The van der Waals surface area contributed by atoms with Crippen LogP contribution >= 0.6 is 0 Å². The Morgan fingerprint density at radius 1 is 1.10 bits per heavy atom. The number of aryl methyl sites for hydroxylation is 1. The van der Waals surface area contributed by atoms with E-state index < -0.39 is 0 Å². The van der Waals surface area contributed by atoms with Gasteiger partial charge in [0, 0.05) is 22.4 Å². The topological polar surface area (TPSA) is 74.7 Å². The van der Waals surface area contributed by atoms with Gasteiger partial charge in [-0.2, -0.15) is 5.26 Å². The number of unbranched alkanes of at least 4 members (excludes halogenated alkanes) is 1. The van der Waals surface area contributed by atoms with E-state index in [1.807, 2.05) is 19.1 Å². The number of aromatic hydroxyl groups is 1. The van der Waals surface area contributed by atoms with Crippen molar-refractivity contribution in [1.82, 2.24) is 14.8 Å². The molecule has 0 saturated carbocycles. The Balaban J connectivity index is 1.95. The van der Waals surface area contributed by atoms with Gasteiger partial charge in [0.2, 0.25) is 0 Å². The second-order valence-corrected chi connectivity index (χ2v) is 7.86. The molecule has 1 N–H and O–H groups in total. The van der Waals surface area contributed by atoms with E-state index in [0.717, 1.165) is 34.8 Å². The molecule has 0 aliphatic heterocycles. The van der Waals surface area contributed by atoms with Gasteiger partial charge in [0.25, 0.3) is 0 Å². The van der Waals surface area contributed by atoms with Crippen molar-refractivity contribution in [3.63, 3.8) is 0 Å². The van der Waals surface area contributed by atoms with E-state index in [0.29, 0.717) is 22.9 Å². The van der Waals surface area contributed by atoms with Gasteiger partial charge in [-0.1, -0.05) is 44.9 Å². The monoisotopic (exact) mass is 398 g/mol. The van der Waals surface area contributed by atoms with Crippen LogP contribution in [0.25, 0.3) is 33.2 Å². The van der Waals surface area contributed by atoms with Crippen LogP contribution in [0.3, 0.4) is 0 Å². The normalized spacial score (nSPS) is 12.3. The molecule has 1 atom stereocenters. The maximum Gasteiger partial charge on any atom is 0.163 e. The van der Waals surface area contributed by atoms with Gasteiger partial charge in [-0.3, -0.25) is 0 Å². The molecule has 0 spiro atoms. The van der Waals surface area contributed by atoms with Crippen molar-refractivity contribution in [2.45, 2.75) is 52.5 Å². The first-order chi connectivity index (χ1) is 14.6. The standard InChI is InChI=1S/C25H26N4O/c1-4-6-9-18(5-2)29-22-11-8-7-10-19(22)20-14-21(27-28-25(20)29)24-16(3)12-17(15-26)13-23(24)30/h7-8,10-14,18,30H,4-6,9H2,1-3H3. The third-order valence-electron chi connectivity index (χ3n) is 5.88. The third kappa shape index (κ3) is 3.29. The maximum atomic E-state index is 10.5. The van der Waals surface area contributed by atoms with Gasteiger partial charge in [-0.15, -0.1) is 10.2 Å². The summed E-state index contributed by atoms with van der Waals surface area (Å²) in [5.74, 6) is 0.0540. The molecule has 30 heavy (non-hydrogen) atoms. The number of benzene rings is 2. The molecule has 1 unspecified atom stereocenters. The molecule has 2 aromatic heterocycles. The molecule has 5 nitrogen and oxygen atoms in total. The highest BCUT2D eigenvalue weighted by molar-refractivity contribution is 6.07. The third-order valence-corrected chi connectivity index (χ3v) is 5.88. The van der Waals surface area contributed by atoms with Gasteiger partial charge in [-0.25, -0.2) is 0 Å². The van der Waals surface area contributed by atoms with Gasteiger partial charge < -0.3 is 9.67 Å². The summed E-state index contributed by atoms with van der Waals surface area (Å²) < 4.78 is 2.34. The lowest BCUT2D eigenvalue weighted by atomic mass is 10.0. The Morgan fingerprint density at radius 2 is 1.90 bits per heavy atom. The van der Waals surface area contributed by atoms with Gasteiger partial charge in [-0.05, 0) is 49.6 Å². The summed E-state index contributed by atoms with van der Waals surface area (Å²) in [7, 11) is 0. The van der Waals surface area contributed by atoms with E-state index >= 15 is 0 Å². The van der Waals surface area contributed by atoms with Crippen LogP contribution in [0.1, 0.15) is 56.7 Å². The Morgan fingerprint density at radius 3 is 2.60 bits per heavy atom. The van der Waals surface area contributed by atoms with Crippen LogP contribution in [0.5, 0.6) is 5.75 Å². The number of fused-ring (bicyclic) bond motifs is 3. The molecular formula is C25H26N4O. The van der Waals surface area contributed by atoms with Crippen LogP contribution in [0.2, 0.25) is 0 Å². The molecule has 0 bridgehead atoms. The summed E-state index contributed by atoms with van der Waals surface area (Å²) in [5, 5.41) is 31.0. The first kappa shape index (κ1) is 19.9. The number of hydrogen-bond acceptors (Lipinski definition) is 4. The zero-order valence-corrected chi connectivity index (χ0v) is 17.7.